The maximum absolute atomic E-state index is 8.85. The lowest BCUT2D eigenvalue weighted by molar-refractivity contribution is 0.282. The summed E-state index contributed by atoms with van der Waals surface area (Å²) in [5.74, 6) is 0. The zero-order valence-electron chi connectivity index (χ0n) is 8.68. The molecule has 1 aromatic carbocycles. The van der Waals surface area contributed by atoms with Gasteiger partial charge in [-0.15, -0.1) is 0 Å². The number of halogens is 1. The smallest absolute Gasteiger partial charge is 0.0632 e. The highest BCUT2D eigenvalue weighted by Gasteiger charge is 2.38. The summed E-state index contributed by atoms with van der Waals surface area (Å²) in [5.41, 5.74) is 2.33. The second-order valence-corrected chi connectivity index (χ2v) is 4.59. The topological polar surface area (TPSA) is 35.8 Å². The van der Waals surface area contributed by atoms with Crippen molar-refractivity contribution in [1.82, 2.24) is 5.32 Å². The molecule has 15 heavy (non-hydrogen) atoms. The first-order valence-electron chi connectivity index (χ1n) is 5.02. The molecule has 1 N–H and O–H groups in total. The van der Waals surface area contributed by atoms with E-state index in [-0.39, 0.29) is 5.41 Å². The lowest BCUT2D eigenvalue weighted by Gasteiger charge is -2.41. The molecule has 2 nitrogen and oxygen atoms in total. The zero-order chi connectivity index (χ0) is 10.9. The molecule has 1 aliphatic heterocycles. The van der Waals surface area contributed by atoms with Crippen molar-refractivity contribution in [3.05, 3.63) is 34.3 Å². The number of aryl methyl sites for hydroxylation is 1. The van der Waals surface area contributed by atoms with Gasteiger partial charge in [-0.1, -0.05) is 23.7 Å². The van der Waals surface area contributed by atoms with Crippen LogP contribution in [-0.4, -0.2) is 13.1 Å². The molecule has 78 valence electrons. The minimum atomic E-state index is 0.0180. The summed E-state index contributed by atoms with van der Waals surface area (Å²) in [6.07, 6.45) is 0.571. The third kappa shape index (κ3) is 1.73. The average Bonchev–Trinajstić information content (AvgIpc) is 2.16. The van der Waals surface area contributed by atoms with E-state index in [0.717, 1.165) is 23.7 Å². The molecule has 3 heteroatoms. The molecule has 0 saturated carbocycles. The second kappa shape index (κ2) is 3.84. The van der Waals surface area contributed by atoms with Crippen molar-refractivity contribution in [3.63, 3.8) is 0 Å². The fraction of sp³-hybridized carbons (Fsp3) is 0.417. The van der Waals surface area contributed by atoms with Gasteiger partial charge < -0.3 is 5.32 Å². The Labute approximate surface area is 94.9 Å². The number of nitriles is 1. The molecule has 0 aliphatic carbocycles. The van der Waals surface area contributed by atoms with Crippen LogP contribution in [0.5, 0.6) is 0 Å². The molecule has 1 aliphatic rings. The zero-order valence-corrected chi connectivity index (χ0v) is 9.43. The van der Waals surface area contributed by atoms with Gasteiger partial charge in [0.25, 0.3) is 0 Å². The quantitative estimate of drug-likeness (QED) is 0.831. The number of nitrogens with zero attached hydrogens (tertiary/aromatic N) is 1. The third-order valence-corrected chi connectivity index (χ3v) is 3.54. The standard InChI is InChI=1S/C12H13ClN2/c1-9-6-10(2-3-11(9)13)12(4-5-14)7-15-8-12/h2-3,6,15H,4,7-8H2,1H3. The minimum absolute atomic E-state index is 0.0180. The Balaban J connectivity index is 2.36. The van der Waals surface area contributed by atoms with Crippen LogP contribution in [0.2, 0.25) is 5.02 Å². The first kappa shape index (κ1) is 10.5. The van der Waals surface area contributed by atoms with Crippen LogP contribution in [-0.2, 0) is 5.41 Å². The molecule has 1 aromatic rings. The summed E-state index contributed by atoms with van der Waals surface area (Å²) < 4.78 is 0. The summed E-state index contributed by atoms with van der Waals surface area (Å²) in [7, 11) is 0. The van der Waals surface area contributed by atoms with Crippen LogP contribution in [0.4, 0.5) is 0 Å². The molecule has 1 fully saturated rings. The SMILES string of the molecule is Cc1cc(C2(CC#N)CNC2)ccc1Cl. The van der Waals surface area contributed by atoms with Crippen molar-refractivity contribution in [2.75, 3.05) is 13.1 Å². The molecule has 1 heterocycles. The number of rotatable bonds is 2. The van der Waals surface area contributed by atoms with Gasteiger partial charge >= 0.3 is 0 Å². The second-order valence-electron chi connectivity index (χ2n) is 4.18. The molecule has 2 rings (SSSR count). The predicted molar refractivity (Wildman–Crippen MR) is 61.0 cm³/mol. The van der Waals surface area contributed by atoms with Crippen LogP contribution in [0.15, 0.2) is 18.2 Å². The Hall–Kier alpha value is -1.04. The predicted octanol–water partition coefficient (Wildman–Crippen LogP) is 2.40. The van der Waals surface area contributed by atoms with Crippen molar-refractivity contribution in [1.29, 1.82) is 5.26 Å². The van der Waals surface area contributed by atoms with E-state index < -0.39 is 0 Å². The summed E-state index contributed by atoms with van der Waals surface area (Å²) in [4.78, 5) is 0. The van der Waals surface area contributed by atoms with Gasteiger partial charge in [-0.3, -0.25) is 0 Å². The maximum Gasteiger partial charge on any atom is 0.0632 e. The minimum Gasteiger partial charge on any atom is -0.315 e. The van der Waals surface area contributed by atoms with Crippen LogP contribution in [0.3, 0.4) is 0 Å². The first-order valence-corrected chi connectivity index (χ1v) is 5.40. The van der Waals surface area contributed by atoms with Gasteiger partial charge in [0.15, 0.2) is 0 Å². The summed E-state index contributed by atoms with van der Waals surface area (Å²) in [5, 5.41) is 12.9. The van der Waals surface area contributed by atoms with Gasteiger partial charge in [0, 0.05) is 29.9 Å². The molecule has 0 atom stereocenters. The molecule has 0 unspecified atom stereocenters. The molecular weight excluding hydrogens is 208 g/mol. The van der Waals surface area contributed by atoms with Gasteiger partial charge in [0.05, 0.1) is 6.07 Å². The number of hydrogen-bond donors (Lipinski definition) is 1. The molecule has 0 spiro atoms. The van der Waals surface area contributed by atoms with E-state index in [9.17, 15) is 0 Å². The Morgan fingerprint density at radius 3 is 2.73 bits per heavy atom. The fourth-order valence-electron chi connectivity index (χ4n) is 1.98. The van der Waals surface area contributed by atoms with E-state index in [0.29, 0.717) is 6.42 Å². The van der Waals surface area contributed by atoms with E-state index in [1.54, 1.807) is 0 Å². The maximum atomic E-state index is 8.85. The highest BCUT2D eigenvalue weighted by atomic mass is 35.5. The lowest BCUT2D eigenvalue weighted by Crippen LogP contribution is -2.56. The summed E-state index contributed by atoms with van der Waals surface area (Å²) in [6.45, 7) is 3.78. The number of nitrogens with one attached hydrogen (secondary N) is 1. The van der Waals surface area contributed by atoms with E-state index in [1.165, 1.54) is 5.56 Å². The van der Waals surface area contributed by atoms with Gasteiger partial charge in [-0.25, -0.2) is 0 Å². The highest BCUT2D eigenvalue weighted by Crippen LogP contribution is 2.33. The van der Waals surface area contributed by atoms with Gasteiger partial charge in [-0.05, 0) is 24.1 Å². The van der Waals surface area contributed by atoms with Gasteiger partial charge in [0.1, 0.15) is 0 Å². The van der Waals surface area contributed by atoms with E-state index in [2.05, 4.69) is 17.5 Å². The first-order chi connectivity index (χ1) is 7.18. The summed E-state index contributed by atoms with van der Waals surface area (Å²) >= 11 is 5.99. The van der Waals surface area contributed by atoms with Crippen molar-refractivity contribution < 1.29 is 0 Å². The average molecular weight is 221 g/mol. The largest absolute Gasteiger partial charge is 0.315 e. The van der Waals surface area contributed by atoms with E-state index in [1.807, 2.05) is 19.1 Å². The van der Waals surface area contributed by atoms with Crippen molar-refractivity contribution in [2.45, 2.75) is 18.8 Å². The van der Waals surface area contributed by atoms with E-state index in [4.69, 9.17) is 16.9 Å². The Kier molecular flexibility index (Phi) is 2.68. The Bertz CT molecular complexity index is 416. The molecule has 0 bridgehead atoms. The Morgan fingerprint density at radius 1 is 1.53 bits per heavy atom. The van der Waals surface area contributed by atoms with Crippen molar-refractivity contribution in [3.8, 4) is 6.07 Å². The molecular formula is C12H13ClN2. The Morgan fingerprint density at radius 2 is 2.27 bits per heavy atom. The van der Waals surface area contributed by atoms with Crippen LogP contribution < -0.4 is 5.32 Å². The fourth-order valence-corrected chi connectivity index (χ4v) is 2.10. The number of hydrogen-bond acceptors (Lipinski definition) is 2. The molecule has 0 radical (unpaired) electrons. The summed E-state index contributed by atoms with van der Waals surface area (Å²) in [6, 6.07) is 8.32. The van der Waals surface area contributed by atoms with Crippen LogP contribution in [0, 0.1) is 18.3 Å². The van der Waals surface area contributed by atoms with Crippen molar-refractivity contribution in [2.24, 2.45) is 0 Å². The van der Waals surface area contributed by atoms with Gasteiger partial charge in [-0.2, -0.15) is 5.26 Å². The molecule has 0 amide bonds. The number of benzene rings is 1. The monoisotopic (exact) mass is 220 g/mol. The molecule has 0 aromatic heterocycles. The normalized spacial score (nSPS) is 17.9. The van der Waals surface area contributed by atoms with E-state index >= 15 is 0 Å². The van der Waals surface area contributed by atoms with Crippen LogP contribution in [0.25, 0.3) is 0 Å². The van der Waals surface area contributed by atoms with Crippen LogP contribution in [0.1, 0.15) is 17.5 Å². The lowest BCUT2D eigenvalue weighted by atomic mass is 9.73. The van der Waals surface area contributed by atoms with Crippen LogP contribution >= 0.6 is 11.6 Å². The molecule has 1 saturated heterocycles. The third-order valence-electron chi connectivity index (χ3n) is 3.11. The van der Waals surface area contributed by atoms with Crippen molar-refractivity contribution >= 4 is 11.6 Å². The van der Waals surface area contributed by atoms with Gasteiger partial charge in [0.2, 0.25) is 0 Å². The highest BCUT2D eigenvalue weighted by molar-refractivity contribution is 6.31.